The minimum atomic E-state index is -0.707. The maximum Gasteiger partial charge on any atom is 0.256 e. The van der Waals surface area contributed by atoms with E-state index < -0.39 is 17.7 Å². The van der Waals surface area contributed by atoms with Crippen LogP contribution in [0, 0.1) is 13.8 Å². The van der Waals surface area contributed by atoms with Gasteiger partial charge in [0, 0.05) is 17.1 Å². The molecule has 0 bridgehead atoms. The second kappa shape index (κ2) is 6.99. The number of amides is 3. The Bertz CT molecular complexity index is 765. The number of nitrogens with two attached hydrogens (primary N) is 2. The van der Waals surface area contributed by atoms with E-state index in [0.29, 0.717) is 11.3 Å². The number of primary amides is 2. The molecule has 0 aliphatic rings. The van der Waals surface area contributed by atoms with Crippen molar-refractivity contribution in [2.45, 2.75) is 13.8 Å². The summed E-state index contributed by atoms with van der Waals surface area (Å²) >= 11 is 0. The number of carbonyl (C=O) groups excluding carboxylic acids is 3. The van der Waals surface area contributed by atoms with Crippen LogP contribution in [-0.2, 0) is 9.59 Å². The molecule has 0 saturated carbocycles. The Morgan fingerprint density at radius 2 is 1.54 bits per heavy atom. The zero-order chi connectivity index (χ0) is 17.9. The van der Waals surface area contributed by atoms with Crippen LogP contribution in [0.4, 0.5) is 0 Å². The molecule has 7 nitrogen and oxygen atoms in total. The van der Waals surface area contributed by atoms with Crippen molar-refractivity contribution in [3.63, 3.8) is 0 Å². The predicted octanol–water partition coefficient (Wildman–Crippen LogP) is 0.507. The van der Waals surface area contributed by atoms with Gasteiger partial charge in [-0.15, -0.1) is 0 Å². The summed E-state index contributed by atoms with van der Waals surface area (Å²) in [5.41, 5.74) is 13.2. The zero-order valence-corrected chi connectivity index (χ0v) is 13.7. The maximum atomic E-state index is 12.7. The van der Waals surface area contributed by atoms with E-state index in [0.717, 1.165) is 16.3 Å². The van der Waals surface area contributed by atoms with Crippen molar-refractivity contribution >= 4 is 17.7 Å². The summed E-state index contributed by atoms with van der Waals surface area (Å²) in [5.74, 6) is -1.87. The zero-order valence-electron chi connectivity index (χ0n) is 13.7. The van der Waals surface area contributed by atoms with Gasteiger partial charge < -0.3 is 20.9 Å². The van der Waals surface area contributed by atoms with Crippen molar-refractivity contribution in [3.8, 4) is 5.69 Å². The predicted molar refractivity (Wildman–Crippen MR) is 89.5 cm³/mol. The Kier molecular flexibility index (Phi) is 5.03. The highest BCUT2D eigenvalue weighted by Crippen LogP contribution is 2.21. The minimum absolute atomic E-state index is 0.364. The van der Waals surface area contributed by atoms with Crippen molar-refractivity contribution < 1.29 is 14.4 Å². The highest BCUT2D eigenvalue weighted by molar-refractivity contribution is 5.99. The van der Waals surface area contributed by atoms with Crippen LogP contribution in [0.15, 0.2) is 36.4 Å². The second-order valence-electron chi connectivity index (χ2n) is 5.55. The van der Waals surface area contributed by atoms with Crippen molar-refractivity contribution in [2.24, 2.45) is 11.5 Å². The average Bonchev–Trinajstić information content (AvgIpc) is 2.80. The molecule has 7 heteroatoms. The van der Waals surface area contributed by atoms with Crippen LogP contribution in [0.5, 0.6) is 0 Å². The smallest absolute Gasteiger partial charge is 0.256 e. The molecule has 2 rings (SSSR count). The summed E-state index contributed by atoms with van der Waals surface area (Å²) in [7, 11) is 0. The summed E-state index contributed by atoms with van der Waals surface area (Å²) < 4.78 is 1.93. The van der Waals surface area contributed by atoms with E-state index in [-0.39, 0.29) is 13.1 Å². The highest BCUT2D eigenvalue weighted by Gasteiger charge is 2.24. The minimum Gasteiger partial charge on any atom is -0.368 e. The molecule has 1 aromatic carbocycles. The second-order valence-corrected chi connectivity index (χ2v) is 5.55. The van der Waals surface area contributed by atoms with Crippen molar-refractivity contribution in [1.29, 1.82) is 0 Å². The van der Waals surface area contributed by atoms with E-state index in [1.807, 2.05) is 41.8 Å². The molecule has 0 aliphatic heterocycles. The molecule has 0 atom stereocenters. The number of hydrogen-bond donors (Lipinski definition) is 2. The molecule has 3 amide bonds. The lowest BCUT2D eigenvalue weighted by Gasteiger charge is -2.19. The molecular formula is C17H20N4O3. The number of benzene rings is 1. The molecule has 24 heavy (non-hydrogen) atoms. The first-order chi connectivity index (χ1) is 11.3. The van der Waals surface area contributed by atoms with Gasteiger partial charge in [0.05, 0.1) is 5.56 Å². The quantitative estimate of drug-likeness (QED) is 0.805. The highest BCUT2D eigenvalue weighted by atomic mass is 16.2. The summed E-state index contributed by atoms with van der Waals surface area (Å²) in [5, 5.41) is 0. The van der Waals surface area contributed by atoms with E-state index >= 15 is 0 Å². The molecular weight excluding hydrogens is 308 g/mol. The van der Waals surface area contributed by atoms with Crippen LogP contribution >= 0.6 is 0 Å². The fourth-order valence-corrected chi connectivity index (χ4v) is 2.70. The molecule has 0 spiro atoms. The average molecular weight is 328 g/mol. The third-order valence-electron chi connectivity index (χ3n) is 3.66. The van der Waals surface area contributed by atoms with Crippen molar-refractivity contribution in [2.75, 3.05) is 13.1 Å². The molecule has 0 radical (unpaired) electrons. The van der Waals surface area contributed by atoms with E-state index in [1.165, 1.54) is 0 Å². The lowest BCUT2D eigenvalue weighted by molar-refractivity contribution is -0.121. The lowest BCUT2D eigenvalue weighted by atomic mass is 10.2. The molecule has 0 unspecified atom stereocenters. The number of para-hydroxylation sites is 1. The summed E-state index contributed by atoms with van der Waals surface area (Å²) in [4.78, 5) is 36.1. The normalized spacial score (nSPS) is 10.4. The van der Waals surface area contributed by atoms with E-state index in [1.54, 1.807) is 13.0 Å². The summed E-state index contributed by atoms with van der Waals surface area (Å²) in [6.07, 6.45) is 0. The monoisotopic (exact) mass is 328 g/mol. The van der Waals surface area contributed by atoms with Crippen LogP contribution in [-0.4, -0.2) is 40.3 Å². The number of rotatable bonds is 6. The number of carbonyl (C=O) groups is 3. The van der Waals surface area contributed by atoms with Gasteiger partial charge in [0.2, 0.25) is 11.8 Å². The van der Waals surface area contributed by atoms with Crippen molar-refractivity contribution in [3.05, 3.63) is 53.3 Å². The Morgan fingerprint density at radius 1 is 1.00 bits per heavy atom. The van der Waals surface area contributed by atoms with Gasteiger partial charge in [-0.2, -0.15) is 0 Å². The van der Waals surface area contributed by atoms with Crippen LogP contribution in [0.1, 0.15) is 21.7 Å². The van der Waals surface area contributed by atoms with Gasteiger partial charge in [-0.3, -0.25) is 14.4 Å². The molecule has 0 fully saturated rings. The molecule has 0 aliphatic carbocycles. The van der Waals surface area contributed by atoms with Gasteiger partial charge in [-0.1, -0.05) is 18.2 Å². The molecule has 0 saturated heterocycles. The topological polar surface area (TPSA) is 111 Å². The fraction of sp³-hybridized carbons (Fsp3) is 0.235. The maximum absolute atomic E-state index is 12.7. The van der Waals surface area contributed by atoms with Crippen molar-refractivity contribution in [1.82, 2.24) is 9.47 Å². The van der Waals surface area contributed by atoms with Crippen LogP contribution < -0.4 is 11.5 Å². The SMILES string of the molecule is Cc1cc(C(=O)N(CC(N)=O)CC(N)=O)c(C)n1-c1ccccc1. The third-order valence-corrected chi connectivity index (χ3v) is 3.66. The van der Waals surface area contributed by atoms with Crippen LogP contribution in [0.3, 0.4) is 0 Å². The Morgan fingerprint density at radius 3 is 2.04 bits per heavy atom. The Hall–Kier alpha value is -3.09. The Labute approximate surface area is 139 Å². The van der Waals surface area contributed by atoms with Gasteiger partial charge in [0.25, 0.3) is 5.91 Å². The number of aryl methyl sites for hydroxylation is 1. The molecule has 126 valence electrons. The lowest BCUT2D eigenvalue weighted by Crippen LogP contribution is -2.43. The number of hydrogen-bond acceptors (Lipinski definition) is 3. The van der Waals surface area contributed by atoms with E-state index in [2.05, 4.69) is 0 Å². The van der Waals surface area contributed by atoms with Crippen LogP contribution in [0.2, 0.25) is 0 Å². The first-order valence-corrected chi connectivity index (χ1v) is 7.41. The first kappa shape index (κ1) is 17.3. The molecule has 4 N–H and O–H groups in total. The van der Waals surface area contributed by atoms with Gasteiger partial charge in [-0.05, 0) is 32.0 Å². The third kappa shape index (κ3) is 3.62. The van der Waals surface area contributed by atoms with Gasteiger partial charge >= 0.3 is 0 Å². The Balaban J connectivity index is 2.42. The van der Waals surface area contributed by atoms with Crippen LogP contribution in [0.25, 0.3) is 5.69 Å². The summed E-state index contributed by atoms with van der Waals surface area (Å²) in [6.45, 7) is 2.96. The standard InChI is InChI=1S/C17H20N4O3/c1-11-8-14(12(2)21(11)13-6-4-3-5-7-13)17(24)20(9-15(18)22)10-16(19)23/h3-8H,9-10H2,1-2H3,(H2,18,22)(H2,19,23). The molecule has 1 heterocycles. The number of aromatic nitrogens is 1. The van der Waals surface area contributed by atoms with E-state index in [4.69, 9.17) is 11.5 Å². The van der Waals surface area contributed by atoms with Gasteiger partial charge in [0.1, 0.15) is 13.1 Å². The fourth-order valence-electron chi connectivity index (χ4n) is 2.70. The number of nitrogens with zero attached hydrogens (tertiary/aromatic N) is 2. The van der Waals surface area contributed by atoms with Gasteiger partial charge in [0.15, 0.2) is 0 Å². The summed E-state index contributed by atoms with van der Waals surface area (Å²) in [6, 6.07) is 11.3. The first-order valence-electron chi connectivity index (χ1n) is 7.41. The molecule has 1 aromatic heterocycles. The van der Waals surface area contributed by atoms with E-state index in [9.17, 15) is 14.4 Å². The largest absolute Gasteiger partial charge is 0.368 e. The van der Waals surface area contributed by atoms with Gasteiger partial charge in [-0.25, -0.2) is 0 Å². The molecule has 2 aromatic rings.